The Morgan fingerprint density at radius 1 is 1.23 bits per heavy atom. The Morgan fingerprint density at radius 3 is 2.08 bits per heavy atom. The molecular formula is C10H17NO2. The monoisotopic (exact) mass is 183 g/mol. The second kappa shape index (κ2) is 3.48. The molecule has 13 heavy (non-hydrogen) atoms. The Morgan fingerprint density at radius 2 is 1.69 bits per heavy atom. The van der Waals surface area contributed by atoms with Gasteiger partial charge in [-0.25, -0.2) is 0 Å². The summed E-state index contributed by atoms with van der Waals surface area (Å²) in [4.78, 5) is 24.5. The summed E-state index contributed by atoms with van der Waals surface area (Å²) >= 11 is 0. The molecule has 0 aromatic carbocycles. The molecule has 1 saturated heterocycles. The molecule has 1 amide bonds. The van der Waals surface area contributed by atoms with E-state index in [2.05, 4.69) is 0 Å². The van der Waals surface area contributed by atoms with Gasteiger partial charge in [-0.15, -0.1) is 0 Å². The highest BCUT2D eigenvalue weighted by molar-refractivity contribution is 5.85. The normalized spacial score (nSPS) is 19.0. The Hall–Kier alpha value is -0.860. The average Bonchev–Trinajstić information content (AvgIpc) is 2.03. The van der Waals surface area contributed by atoms with Crippen LogP contribution in [0.25, 0.3) is 0 Å². The van der Waals surface area contributed by atoms with Gasteiger partial charge in [0.25, 0.3) is 0 Å². The number of nitrogens with zero attached hydrogens (tertiary/aromatic N) is 1. The van der Waals surface area contributed by atoms with Crippen LogP contribution in [0, 0.1) is 5.41 Å². The number of Topliss-reactive ketones (excluding diaryl/α,β-unsaturated/α-hetero) is 1. The van der Waals surface area contributed by atoms with Crippen LogP contribution in [0.5, 0.6) is 0 Å². The van der Waals surface area contributed by atoms with E-state index in [1.54, 1.807) is 4.90 Å². The zero-order valence-electron chi connectivity index (χ0n) is 8.59. The van der Waals surface area contributed by atoms with Gasteiger partial charge in [-0.2, -0.15) is 0 Å². The molecule has 0 aromatic heterocycles. The van der Waals surface area contributed by atoms with E-state index in [4.69, 9.17) is 0 Å². The van der Waals surface area contributed by atoms with Crippen LogP contribution in [0.1, 0.15) is 33.6 Å². The number of rotatable bonds is 0. The van der Waals surface area contributed by atoms with Crippen LogP contribution in [0.15, 0.2) is 0 Å². The van der Waals surface area contributed by atoms with Crippen LogP contribution in [0.2, 0.25) is 0 Å². The predicted octanol–water partition coefficient (Wildman–Crippen LogP) is 1.22. The molecule has 1 fully saturated rings. The maximum absolute atomic E-state index is 11.7. The number of carbonyl (C=O) groups excluding carboxylic acids is 2. The van der Waals surface area contributed by atoms with E-state index >= 15 is 0 Å². The van der Waals surface area contributed by atoms with Gasteiger partial charge in [-0.1, -0.05) is 20.8 Å². The first-order valence-corrected chi connectivity index (χ1v) is 4.72. The van der Waals surface area contributed by atoms with E-state index in [-0.39, 0.29) is 17.1 Å². The number of carbonyl (C=O) groups is 2. The first kappa shape index (κ1) is 10.2. The molecule has 1 heterocycles. The molecule has 0 saturated carbocycles. The number of amides is 1. The van der Waals surface area contributed by atoms with Gasteiger partial charge in [0, 0.05) is 31.3 Å². The Balaban J connectivity index is 2.55. The van der Waals surface area contributed by atoms with Gasteiger partial charge in [0.1, 0.15) is 5.78 Å². The Kier molecular flexibility index (Phi) is 2.74. The van der Waals surface area contributed by atoms with Crippen LogP contribution < -0.4 is 0 Å². The lowest BCUT2D eigenvalue weighted by molar-refractivity contribution is -0.141. The number of ketones is 1. The third-order valence-electron chi connectivity index (χ3n) is 2.25. The van der Waals surface area contributed by atoms with Crippen LogP contribution >= 0.6 is 0 Å². The molecule has 0 bridgehead atoms. The zero-order chi connectivity index (χ0) is 10.1. The topological polar surface area (TPSA) is 37.4 Å². The summed E-state index contributed by atoms with van der Waals surface area (Å²) in [5, 5.41) is 0. The van der Waals surface area contributed by atoms with Crippen molar-refractivity contribution in [2.24, 2.45) is 5.41 Å². The highest BCUT2D eigenvalue weighted by Crippen LogP contribution is 2.19. The minimum atomic E-state index is -0.319. The maximum Gasteiger partial charge on any atom is 0.227 e. The molecule has 74 valence electrons. The minimum absolute atomic E-state index is 0.153. The molecular weight excluding hydrogens is 166 g/mol. The summed E-state index contributed by atoms with van der Waals surface area (Å²) in [6.45, 7) is 6.94. The molecule has 0 aromatic rings. The SMILES string of the molecule is CC(C)(C)C(=O)N1CCC(=O)CC1. The van der Waals surface area contributed by atoms with E-state index in [1.807, 2.05) is 20.8 Å². The number of likely N-dealkylation sites (tertiary alicyclic amines) is 1. The molecule has 0 aliphatic carbocycles. The van der Waals surface area contributed by atoms with Crippen molar-refractivity contribution in [3.63, 3.8) is 0 Å². The van der Waals surface area contributed by atoms with Gasteiger partial charge < -0.3 is 4.90 Å². The van der Waals surface area contributed by atoms with Gasteiger partial charge in [0.15, 0.2) is 0 Å². The molecule has 3 nitrogen and oxygen atoms in total. The van der Waals surface area contributed by atoms with Crippen molar-refractivity contribution >= 4 is 11.7 Å². The van der Waals surface area contributed by atoms with Gasteiger partial charge in [-0.05, 0) is 0 Å². The lowest BCUT2D eigenvalue weighted by Gasteiger charge is -2.31. The minimum Gasteiger partial charge on any atom is -0.341 e. The number of hydrogen-bond donors (Lipinski definition) is 0. The Bertz CT molecular complexity index is 218. The first-order valence-electron chi connectivity index (χ1n) is 4.72. The molecule has 1 aliphatic heterocycles. The van der Waals surface area contributed by atoms with Crippen molar-refractivity contribution in [1.82, 2.24) is 4.90 Å². The molecule has 0 N–H and O–H groups in total. The Labute approximate surface area is 79.1 Å². The van der Waals surface area contributed by atoms with Crippen molar-refractivity contribution in [2.45, 2.75) is 33.6 Å². The number of piperidine rings is 1. The van der Waals surface area contributed by atoms with E-state index < -0.39 is 0 Å². The highest BCUT2D eigenvalue weighted by Gasteiger charge is 2.29. The third kappa shape index (κ3) is 2.54. The van der Waals surface area contributed by atoms with E-state index in [0.717, 1.165) is 0 Å². The second-order valence-electron chi connectivity index (χ2n) is 4.58. The van der Waals surface area contributed by atoms with Crippen LogP contribution in [-0.2, 0) is 9.59 Å². The van der Waals surface area contributed by atoms with E-state index in [1.165, 1.54) is 0 Å². The summed E-state index contributed by atoms with van der Waals surface area (Å²) < 4.78 is 0. The summed E-state index contributed by atoms with van der Waals surface area (Å²) in [6.07, 6.45) is 1.06. The fraction of sp³-hybridized carbons (Fsp3) is 0.800. The predicted molar refractivity (Wildman–Crippen MR) is 50.3 cm³/mol. The van der Waals surface area contributed by atoms with Crippen molar-refractivity contribution in [1.29, 1.82) is 0 Å². The average molecular weight is 183 g/mol. The lowest BCUT2D eigenvalue weighted by Crippen LogP contribution is -2.44. The van der Waals surface area contributed by atoms with Crippen molar-refractivity contribution in [3.05, 3.63) is 0 Å². The van der Waals surface area contributed by atoms with Crippen molar-refractivity contribution < 1.29 is 9.59 Å². The molecule has 3 heteroatoms. The van der Waals surface area contributed by atoms with Crippen molar-refractivity contribution in [2.75, 3.05) is 13.1 Å². The maximum atomic E-state index is 11.7. The molecule has 1 rings (SSSR count). The van der Waals surface area contributed by atoms with Gasteiger partial charge in [0.05, 0.1) is 0 Å². The molecule has 0 unspecified atom stereocenters. The summed E-state index contributed by atoms with van der Waals surface area (Å²) in [6, 6.07) is 0. The molecule has 1 aliphatic rings. The molecule has 0 atom stereocenters. The van der Waals surface area contributed by atoms with Gasteiger partial charge >= 0.3 is 0 Å². The largest absolute Gasteiger partial charge is 0.341 e. The number of hydrogen-bond acceptors (Lipinski definition) is 2. The third-order valence-corrected chi connectivity index (χ3v) is 2.25. The summed E-state index contributed by atoms with van der Waals surface area (Å²) in [5.74, 6) is 0.429. The van der Waals surface area contributed by atoms with E-state index in [9.17, 15) is 9.59 Å². The zero-order valence-corrected chi connectivity index (χ0v) is 8.59. The second-order valence-corrected chi connectivity index (χ2v) is 4.58. The van der Waals surface area contributed by atoms with Gasteiger partial charge in [-0.3, -0.25) is 9.59 Å². The van der Waals surface area contributed by atoms with E-state index in [0.29, 0.717) is 25.9 Å². The van der Waals surface area contributed by atoms with Crippen molar-refractivity contribution in [3.8, 4) is 0 Å². The smallest absolute Gasteiger partial charge is 0.227 e. The quantitative estimate of drug-likeness (QED) is 0.566. The first-order chi connectivity index (χ1) is 5.91. The fourth-order valence-corrected chi connectivity index (χ4v) is 1.43. The lowest BCUT2D eigenvalue weighted by atomic mass is 9.93. The van der Waals surface area contributed by atoms with Gasteiger partial charge in [0.2, 0.25) is 5.91 Å². The molecule has 0 spiro atoms. The van der Waals surface area contributed by atoms with Crippen LogP contribution in [-0.4, -0.2) is 29.7 Å². The highest BCUT2D eigenvalue weighted by atomic mass is 16.2. The fourth-order valence-electron chi connectivity index (χ4n) is 1.43. The van der Waals surface area contributed by atoms with Crippen LogP contribution in [0.3, 0.4) is 0 Å². The standard InChI is InChI=1S/C10H17NO2/c1-10(2,3)9(13)11-6-4-8(12)5-7-11/h4-7H2,1-3H3. The summed E-state index contributed by atoms with van der Waals surface area (Å²) in [7, 11) is 0. The molecule has 0 radical (unpaired) electrons. The summed E-state index contributed by atoms with van der Waals surface area (Å²) in [5.41, 5.74) is -0.319. The van der Waals surface area contributed by atoms with Crippen LogP contribution in [0.4, 0.5) is 0 Å².